The first-order chi connectivity index (χ1) is 26.5. The summed E-state index contributed by atoms with van der Waals surface area (Å²) in [6.45, 7) is 6.85. The fourth-order valence-electron chi connectivity index (χ4n) is 6.66. The Labute approximate surface area is 324 Å². The standard InChI is InChI=1S/C39H45F13N2O2Si/c1-4-5-6-11-24(2)12-7-8-13-25(3)18-19-57-31-15-10-9-14-28(31)27-22-53-33(54-23-27)26-16-17-29-30(20-26)56-32(55-29)21-34(40,41)35(42,43)36(44,45)37(46,47)38(48,49)39(50,51)52/h9-10,14-17,20,22-25,32H,4-8,11-13,18-19,21,57H2,1-3H3. The van der Waals surface area contributed by atoms with E-state index in [0.717, 1.165) is 41.6 Å². The molecule has 2 heterocycles. The molecule has 0 amide bonds. The first kappa shape index (κ1) is 46.1. The number of benzene rings is 2. The Morgan fingerprint density at radius 2 is 1.18 bits per heavy atom. The monoisotopic (exact) mass is 848 g/mol. The van der Waals surface area contributed by atoms with Crippen molar-refractivity contribution in [3.8, 4) is 34.0 Å². The topological polar surface area (TPSA) is 44.2 Å². The highest BCUT2D eigenvalue weighted by molar-refractivity contribution is 6.55. The Kier molecular flexibility index (Phi) is 14.7. The predicted molar refractivity (Wildman–Crippen MR) is 192 cm³/mol. The number of aromatic nitrogens is 2. The lowest BCUT2D eigenvalue weighted by atomic mass is 9.92. The number of hydrogen-bond donors (Lipinski definition) is 0. The van der Waals surface area contributed by atoms with Crippen LogP contribution in [0.5, 0.6) is 11.5 Å². The third-order valence-corrected chi connectivity index (χ3v) is 12.1. The maximum Gasteiger partial charge on any atom is 0.460 e. The minimum Gasteiger partial charge on any atom is -0.451 e. The average Bonchev–Trinajstić information content (AvgIpc) is 3.54. The average molecular weight is 849 g/mol. The maximum atomic E-state index is 14.5. The molecule has 0 aliphatic carbocycles. The van der Waals surface area contributed by atoms with Gasteiger partial charge in [-0.2, -0.15) is 57.1 Å². The molecule has 0 saturated heterocycles. The number of halogens is 13. The SMILES string of the molecule is CCCCCC(C)CCCCC(C)CC[SiH2]c1ccccc1-c1cnc(-c2ccc3c(c2)OC(CC(F)(F)C(F)(F)C(F)(F)C(F)(F)C(F)(F)C(F)(F)F)O3)nc1. The zero-order valence-electron chi connectivity index (χ0n) is 31.5. The van der Waals surface area contributed by atoms with Crippen molar-refractivity contribution in [2.45, 2.75) is 133 Å². The van der Waals surface area contributed by atoms with Crippen LogP contribution in [0, 0.1) is 11.8 Å². The van der Waals surface area contributed by atoms with Crippen molar-refractivity contribution < 1.29 is 66.5 Å². The molecule has 18 heteroatoms. The van der Waals surface area contributed by atoms with Crippen LogP contribution in [0.15, 0.2) is 54.9 Å². The molecule has 57 heavy (non-hydrogen) atoms. The van der Waals surface area contributed by atoms with Gasteiger partial charge in [-0.25, -0.2) is 9.97 Å². The van der Waals surface area contributed by atoms with Crippen LogP contribution < -0.4 is 14.7 Å². The van der Waals surface area contributed by atoms with Gasteiger partial charge < -0.3 is 9.47 Å². The molecular weight excluding hydrogens is 804 g/mol. The minimum absolute atomic E-state index is 0.0943. The molecule has 318 valence electrons. The summed E-state index contributed by atoms with van der Waals surface area (Å²) in [7, 11) is -0.644. The molecule has 0 saturated carbocycles. The van der Waals surface area contributed by atoms with E-state index < -0.39 is 63.8 Å². The molecule has 4 nitrogen and oxygen atoms in total. The first-order valence-corrected chi connectivity index (χ1v) is 20.5. The number of fused-ring (bicyclic) bond motifs is 1. The summed E-state index contributed by atoms with van der Waals surface area (Å²) in [5, 5.41) is 1.23. The predicted octanol–water partition coefficient (Wildman–Crippen LogP) is 12.1. The highest BCUT2D eigenvalue weighted by atomic mass is 28.2. The molecule has 1 aliphatic heterocycles. The Hall–Kier alpha value is -3.57. The lowest BCUT2D eigenvalue weighted by Gasteiger charge is -2.39. The van der Waals surface area contributed by atoms with Crippen LogP contribution in [0.1, 0.15) is 85.0 Å². The summed E-state index contributed by atoms with van der Waals surface area (Å²) in [6.07, 6.45) is 1.67. The first-order valence-electron chi connectivity index (χ1n) is 18.8. The van der Waals surface area contributed by atoms with Crippen molar-refractivity contribution in [2.75, 3.05) is 0 Å². The van der Waals surface area contributed by atoms with E-state index in [0.29, 0.717) is 5.92 Å². The van der Waals surface area contributed by atoms with Crippen LogP contribution in [0.2, 0.25) is 6.04 Å². The zero-order chi connectivity index (χ0) is 42.5. The van der Waals surface area contributed by atoms with Crippen molar-refractivity contribution >= 4 is 14.7 Å². The number of rotatable bonds is 21. The van der Waals surface area contributed by atoms with Crippen molar-refractivity contribution in [1.29, 1.82) is 0 Å². The van der Waals surface area contributed by atoms with Crippen LogP contribution in [0.3, 0.4) is 0 Å². The molecular formula is C39H45F13N2O2Si. The molecule has 2 aromatic carbocycles. The van der Waals surface area contributed by atoms with Crippen molar-refractivity contribution in [3.63, 3.8) is 0 Å². The summed E-state index contributed by atoms with van der Waals surface area (Å²) < 4.78 is 186. The van der Waals surface area contributed by atoms with Gasteiger partial charge in [-0.3, -0.25) is 0 Å². The van der Waals surface area contributed by atoms with Gasteiger partial charge in [-0.05, 0) is 35.6 Å². The fraction of sp³-hybridized carbons (Fsp3) is 0.590. The molecule has 1 aliphatic rings. The van der Waals surface area contributed by atoms with Crippen LogP contribution >= 0.6 is 0 Å². The van der Waals surface area contributed by atoms with Gasteiger partial charge in [0.05, 0.1) is 15.9 Å². The maximum absolute atomic E-state index is 14.5. The van der Waals surface area contributed by atoms with E-state index in [9.17, 15) is 57.1 Å². The fourth-order valence-corrected chi connectivity index (χ4v) is 8.84. The summed E-state index contributed by atoms with van der Waals surface area (Å²) in [5.41, 5.74) is 1.89. The van der Waals surface area contributed by atoms with E-state index >= 15 is 0 Å². The Morgan fingerprint density at radius 1 is 0.632 bits per heavy atom. The molecule has 0 spiro atoms. The van der Waals surface area contributed by atoms with Crippen molar-refractivity contribution in [3.05, 3.63) is 54.9 Å². The Morgan fingerprint density at radius 3 is 1.77 bits per heavy atom. The third-order valence-electron chi connectivity index (χ3n) is 10.2. The van der Waals surface area contributed by atoms with Crippen molar-refractivity contribution in [2.24, 2.45) is 11.8 Å². The molecule has 0 radical (unpaired) electrons. The van der Waals surface area contributed by atoms with Gasteiger partial charge in [0.25, 0.3) is 0 Å². The van der Waals surface area contributed by atoms with Gasteiger partial charge in [0.1, 0.15) is 0 Å². The van der Waals surface area contributed by atoms with E-state index in [-0.39, 0.29) is 17.1 Å². The van der Waals surface area contributed by atoms with E-state index in [1.807, 2.05) is 18.2 Å². The van der Waals surface area contributed by atoms with Crippen LogP contribution in [0.4, 0.5) is 57.1 Å². The summed E-state index contributed by atoms with van der Waals surface area (Å²) in [4.78, 5) is 8.73. The number of nitrogens with zero attached hydrogens (tertiary/aromatic N) is 2. The summed E-state index contributed by atoms with van der Waals surface area (Å²) in [5.74, 6) is -36.8. The normalized spacial score (nSPS) is 16.7. The number of hydrogen-bond acceptors (Lipinski definition) is 4. The molecule has 0 N–H and O–H groups in total. The Bertz CT molecular complexity index is 1760. The Balaban J connectivity index is 1.35. The quantitative estimate of drug-likeness (QED) is 0.0608. The van der Waals surface area contributed by atoms with Crippen LogP contribution in [0.25, 0.3) is 22.5 Å². The minimum atomic E-state index is -7.98. The van der Waals surface area contributed by atoms with E-state index in [4.69, 9.17) is 9.47 Å². The van der Waals surface area contributed by atoms with E-state index in [2.05, 4.69) is 36.8 Å². The molecule has 0 bridgehead atoms. The van der Waals surface area contributed by atoms with Crippen LogP contribution in [-0.2, 0) is 0 Å². The van der Waals surface area contributed by atoms with Gasteiger partial charge in [0.15, 0.2) is 17.3 Å². The van der Waals surface area contributed by atoms with Gasteiger partial charge in [0, 0.05) is 23.5 Å². The number of alkyl halides is 13. The van der Waals surface area contributed by atoms with E-state index in [1.54, 1.807) is 12.4 Å². The second-order valence-corrected chi connectivity index (χ2v) is 16.8. The molecule has 3 unspecified atom stereocenters. The zero-order valence-corrected chi connectivity index (χ0v) is 33.0. The van der Waals surface area contributed by atoms with Crippen molar-refractivity contribution in [1.82, 2.24) is 9.97 Å². The molecule has 0 fully saturated rings. The van der Waals surface area contributed by atoms with Gasteiger partial charge in [-0.1, -0.05) is 114 Å². The van der Waals surface area contributed by atoms with Gasteiger partial charge in [0.2, 0.25) is 6.29 Å². The van der Waals surface area contributed by atoms with E-state index in [1.165, 1.54) is 62.6 Å². The highest BCUT2D eigenvalue weighted by Gasteiger charge is 2.90. The number of ether oxygens (including phenoxy) is 2. The summed E-state index contributed by atoms with van der Waals surface area (Å²) >= 11 is 0. The largest absolute Gasteiger partial charge is 0.460 e. The van der Waals surface area contributed by atoms with Crippen LogP contribution in [-0.4, -0.2) is 61.6 Å². The highest BCUT2D eigenvalue weighted by Crippen LogP contribution is 2.61. The van der Waals surface area contributed by atoms with Gasteiger partial charge >= 0.3 is 35.8 Å². The molecule has 3 atom stereocenters. The smallest absolute Gasteiger partial charge is 0.451 e. The molecule has 4 rings (SSSR count). The number of unbranched alkanes of at least 4 members (excludes halogenated alkanes) is 3. The lowest BCUT2D eigenvalue weighted by molar-refractivity contribution is -0.441. The third kappa shape index (κ3) is 10.2. The lowest BCUT2D eigenvalue weighted by Crippen LogP contribution is -2.70. The summed E-state index contributed by atoms with van der Waals surface area (Å²) in [6, 6.07) is 12.6. The van der Waals surface area contributed by atoms with Gasteiger partial charge in [-0.15, -0.1) is 0 Å². The second kappa shape index (κ2) is 18.1. The molecule has 3 aromatic rings. The molecule has 1 aromatic heterocycles. The second-order valence-electron chi connectivity index (χ2n) is 14.9.